The molecule has 0 bridgehead atoms. The minimum absolute atomic E-state index is 0.0318. The molecule has 20 heavy (non-hydrogen) atoms. The first-order valence-electron chi connectivity index (χ1n) is 6.95. The normalized spacial score (nSPS) is 12.2. The Morgan fingerprint density at radius 3 is 2.70 bits per heavy atom. The fraction of sp³-hybridized carbons (Fsp3) is 0.375. The maximum Gasteiger partial charge on any atom is 0.228 e. The first kappa shape index (κ1) is 14.7. The predicted molar refractivity (Wildman–Crippen MR) is 85.0 cm³/mol. The largest absolute Gasteiger partial charge is 0.302 e. The van der Waals surface area contributed by atoms with Crippen LogP contribution in [0.5, 0.6) is 0 Å². The van der Waals surface area contributed by atoms with Gasteiger partial charge in [0.05, 0.1) is 10.6 Å². The molecule has 0 saturated heterocycles. The number of anilines is 1. The second kappa shape index (κ2) is 6.66. The van der Waals surface area contributed by atoms with Gasteiger partial charge < -0.3 is 5.32 Å². The standard InChI is InChI=1S/C16H20N2OS/c1-4-8-11(2)15(19)18-16-17-12(3)14(20-16)13-9-6-5-7-10-13/h5-7,9-11H,4,8H2,1-3H3,(H,17,18,19). The monoisotopic (exact) mass is 288 g/mol. The number of nitrogens with zero attached hydrogens (tertiary/aromatic N) is 1. The van der Waals surface area contributed by atoms with Gasteiger partial charge >= 0.3 is 0 Å². The third kappa shape index (κ3) is 3.45. The smallest absolute Gasteiger partial charge is 0.228 e. The van der Waals surface area contributed by atoms with Crippen LogP contribution in [-0.2, 0) is 4.79 Å². The van der Waals surface area contributed by atoms with Crippen molar-refractivity contribution in [3.05, 3.63) is 36.0 Å². The van der Waals surface area contributed by atoms with Crippen molar-refractivity contribution in [1.82, 2.24) is 4.98 Å². The van der Waals surface area contributed by atoms with E-state index in [-0.39, 0.29) is 11.8 Å². The zero-order chi connectivity index (χ0) is 14.5. The van der Waals surface area contributed by atoms with E-state index in [9.17, 15) is 4.79 Å². The number of nitrogens with one attached hydrogen (secondary N) is 1. The number of carbonyl (C=O) groups is 1. The molecule has 1 aromatic carbocycles. The summed E-state index contributed by atoms with van der Waals surface area (Å²) in [7, 11) is 0. The Kier molecular flexibility index (Phi) is 4.90. The molecule has 0 aliphatic heterocycles. The lowest BCUT2D eigenvalue weighted by Gasteiger charge is -2.08. The molecular weight excluding hydrogens is 268 g/mol. The van der Waals surface area contributed by atoms with Gasteiger partial charge in [-0.05, 0) is 18.9 Å². The van der Waals surface area contributed by atoms with Crippen LogP contribution in [0.3, 0.4) is 0 Å². The topological polar surface area (TPSA) is 42.0 Å². The lowest BCUT2D eigenvalue weighted by atomic mass is 10.1. The van der Waals surface area contributed by atoms with E-state index in [2.05, 4.69) is 29.4 Å². The average molecular weight is 288 g/mol. The lowest BCUT2D eigenvalue weighted by Crippen LogP contribution is -2.20. The Hall–Kier alpha value is -1.68. The third-order valence-corrected chi connectivity index (χ3v) is 4.35. The fourth-order valence-corrected chi connectivity index (χ4v) is 3.07. The number of hydrogen-bond acceptors (Lipinski definition) is 3. The van der Waals surface area contributed by atoms with E-state index in [1.165, 1.54) is 11.3 Å². The predicted octanol–water partition coefficient (Wildman–Crippen LogP) is 4.49. The van der Waals surface area contributed by atoms with Crippen molar-refractivity contribution >= 4 is 22.4 Å². The Morgan fingerprint density at radius 1 is 1.35 bits per heavy atom. The van der Waals surface area contributed by atoms with E-state index in [1.54, 1.807) is 0 Å². The number of aromatic nitrogens is 1. The Balaban J connectivity index is 2.14. The van der Waals surface area contributed by atoms with Gasteiger partial charge in [0.1, 0.15) is 0 Å². The second-order valence-electron chi connectivity index (χ2n) is 4.98. The molecular formula is C16H20N2OS. The number of amides is 1. The van der Waals surface area contributed by atoms with Gasteiger partial charge in [0.2, 0.25) is 5.91 Å². The van der Waals surface area contributed by atoms with Gasteiger partial charge in [-0.1, -0.05) is 61.9 Å². The molecule has 1 N–H and O–H groups in total. The number of rotatable bonds is 5. The van der Waals surface area contributed by atoms with Crippen LogP contribution >= 0.6 is 11.3 Å². The molecule has 0 aliphatic carbocycles. The van der Waals surface area contributed by atoms with E-state index in [0.717, 1.165) is 29.0 Å². The molecule has 0 spiro atoms. The number of hydrogen-bond donors (Lipinski definition) is 1. The molecule has 4 heteroatoms. The Bertz CT molecular complexity index is 577. The van der Waals surface area contributed by atoms with Crippen molar-refractivity contribution in [2.24, 2.45) is 5.92 Å². The molecule has 2 rings (SSSR count). The van der Waals surface area contributed by atoms with Crippen molar-refractivity contribution in [2.45, 2.75) is 33.6 Å². The minimum atomic E-state index is 0.0318. The highest BCUT2D eigenvalue weighted by Crippen LogP contribution is 2.32. The summed E-state index contributed by atoms with van der Waals surface area (Å²) in [6.45, 7) is 6.02. The van der Waals surface area contributed by atoms with Gasteiger partial charge in [0.25, 0.3) is 0 Å². The third-order valence-electron chi connectivity index (χ3n) is 3.23. The van der Waals surface area contributed by atoms with Gasteiger partial charge in [-0.25, -0.2) is 4.98 Å². The molecule has 0 radical (unpaired) electrons. The number of carbonyl (C=O) groups excluding carboxylic acids is 1. The van der Waals surface area contributed by atoms with Gasteiger partial charge in [-0.15, -0.1) is 0 Å². The lowest BCUT2D eigenvalue weighted by molar-refractivity contribution is -0.119. The average Bonchev–Trinajstić information content (AvgIpc) is 2.80. The van der Waals surface area contributed by atoms with Gasteiger partial charge in [-0.3, -0.25) is 4.79 Å². The number of aryl methyl sites for hydroxylation is 1. The van der Waals surface area contributed by atoms with Crippen molar-refractivity contribution in [3.8, 4) is 10.4 Å². The van der Waals surface area contributed by atoms with Crippen LogP contribution in [0, 0.1) is 12.8 Å². The SMILES string of the molecule is CCCC(C)C(=O)Nc1nc(C)c(-c2ccccc2)s1. The van der Waals surface area contributed by atoms with Crippen LogP contribution in [0.4, 0.5) is 5.13 Å². The minimum Gasteiger partial charge on any atom is -0.302 e. The molecule has 1 aromatic heterocycles. The van der Waals surface area contributed by atoms with Crippen LogP contribution in [0.1, 0.15) is 32.4 Å². The van der Waals surface area contributed by atoms with Crippen molar-refractivity contribution in [1.29, 1.82) is 0 Å². The summed E-state index contributed by atoms with van der Waals surface area (Å²) in [5, 5.41) is 3.62. The van der Waals surface area contributed by atoms with E-state index < -0.39 is 0 Å². The molecule has 1 heterocycles. The summed E-state index contributed by atoms with van der Waals surface area (Å²) in [5.74, 6) is 0.0876. The van der Waals surface area contributed by atoms with Gasteiger partial charge in [0.15, 0.2) is 5.13 Å². The molecule has 1 amide bonds. The summed E-state index contributed by atoms with van der Waals surface area (Å²) in [5.41, 5.74) is 2.10. The van der Waals surface area contributed by atoms with E-state index >= 15 is 0 Å². The van der Waals surface area contributed by atoms with E-state index in [4.69, 9.17) is 0 Å². The molecule has 1 atom stereocenters. The summed E-state index contributed by atoms with van der Waals surface area (Å²) in [6.07, 6.45) is 1.92. The highest BCUT2D eigenvalue weighted by molar-refractivity contribution is 7.19. The summed E-state index contributed by atoms with van der Waals surface area (Å²) >= 11 is 1.53. The highest BCUT2D eigenvalue weighted by atomic mass is 32.1. The first-order chi connectivity index (χ1) is 9.61. The van der Waals surface area contributed by atoms with Crippen molar-refractivity contribution in [2.75, 3.05) is 5.32 Å². The molecule has 0 fully saturated rings. The zero-order valence-corrected chi connectivity index (χ0v) is 13.0. The molecule has 0 saturated carbocycles. The Morgan fingerprint density at radius 2 is 2.05 bits per heavy atom. The van der Waals surface area contributed by atoms with Gasteiger partial charge in [-0.2, -0.15) is 0 Å². The quantitative estimate of drug-likeness (QED) is 0.880. The summed E-state index contributed by atoms with van der Waals surface area (Å²) in [6, 6.07) is 10.1. The van der Waals surface area contributed by atoms with E-state index in [0.29, 0.717) is 5.13 Å². The van der Waals surface area contributed by atoms with Crippen LogP contribution in [-0.4, -0.2) is 10.9 Å². The van der Waals surface area contributed by atoms with Crippen LogP contribution < -0.4 is 5.32 Å². The Labute approximate surface area is 124 Å². The van der Waals surface area contributed by atoms with Crippen molar-refractivity contribution in [3.63, 3.8) is 0 Å². The molecule has 2 aromatic rings. The van der Waals surface area contributed by atoms with Crippen LogP contribution in [0.25, 0.3) is 10.4 Å². The number of thiazole rings is 1. The molecule has 1 unspecified atom stereocenters. The van der Waals surface area contributed by atoms with Gasteiger partial charge in [0, 0.05) is 5.92 Å². The molecule has 106 valence electrons. The molecule has 3 nitrogen and oxygen atoms in total. The van der Waals surface area contributed by atoms with Crippen LogP contribution in [0.2, 0.25) is 0 Å². The zero-order valence-electron chi connectivity index (χ0n) is 12.1. The van der Waals surface area contributed by atoms with E-state index in [1.807, 2.05) is 32.0 Å². The summed E-state index contributed by atoms with van der Waals surface area (Å²) in [4.78, 5) is 17.6. The maximum absolute atomic E-state index is 12.0. The maximum atomic E-state index is 12.0. The molecule has 0 aliphatic rings. The highest BCUT2D eigenvalue weighted by Gasteiger charge is 2.15. The second-order valence-corrected chi connectivity index (χ2v) is 5.98. The summed E-state index contributed by atoms with van der Waals surface area (Å²) < 4.78 is 0. The fourth-order valence-electron chi connectivity index (χ4n) is 2.10. The number of benzene rings is 1. The van der Waals surface area contributed by atoms with Crippen LogP contribution in [0.15, 0.2) is 30.3 Å². The van der Waals surface area contributed by atoms with Crippen molar-refractivity contribution < 1.29 is 4.79 Å². The first-order valence-corrected chi connectivity index (χ1v) is 7.77.